The van der Waals surface area contributed by atoms with Gasteiger partial charge in [-0.1, -0.05) is 25.1 Å². The second-order valence-electron chi connectivity index (χ2n) is 4.27. The minimum Gasteiger partial charge on any atom is -0.397 e. The first-order valence-electron chi connectivity index (χ1n) is 5.91. The third-order valence-electron chi connectivity index (χ3n) is 2.82. The van der Waals surface area contributed by atoms with E-state index in [9.17, 15) is 0 Å². The molecule has 0 atom stereocenters. The predicted molar refractivity (Wildman–Crippen MR) is 74.7 cm³/mol. The van der Waals surface area contributed by atoms with E-state index < -0.39 is 0 Å². The molecule has 3 N–H and O–H groups in total. The Morgan fingerprint density at radius 2 is 1.94 bits per heavy atom. The van der Waals surface area contributed by atoms with Crippen LogP contribution < -0.4 is 11.1 Å². The van der Waals surface area contributed by atoms with Gasteiger partial charge in [-0.25, -0.2) is 0 Å². The fourth-order valence-corrected chi connectivity index (χ4v) is 1.80. The van der Waals surface area contributed by atoms with Crippen molar-refractivity contribution in [3.63, 3.8) is 0 Å². The molecule has 0 saturated heterocycles. The Balaban J connectivity index is 2.27. The normalized spacial score (nSPS) is 10.2. The third kappa shape index (κ3) is 2.78. The van der Waals surface area contributed by atoms with Gasteiger partial charge in [0, 0.05) is 5.69 Å². The van der Waals surface area contributed by atoms with Crippen molar-refractivity contribution >= 4 is 17.1 Å². The average molecular weight is 226 g/mol. The lowest BCUT2D eigenvalue weighted by Crippen LogP contribution is -1.97. The van der Waals surface area contributed by atoms with Gasteiger partial charge in [-0.2, -0.15) is 0 Å². The summed E-state index contributed by atoms with van der Waals surface area (Å²) < 4.78 is 0. The second-order valence-corrected chi connectivity index (χ2v) is 4.27. The summed E-state index contributed by atoms with van der Waals surface area (Å²) in [6.07, 6.45) is 1.04. The minimum atomic E-state index is 0.775. The molecule has 0 radical (unpaired) electrons. The highest BCUT2D eigenvalue weighted by Gasteiger charge is 2.00. The van der Waals surface area contributed by atoms with Gasteiger partial charge in [0.05, 0.1) is 11.4 Å². The van der Waals surface area contributed by atoms with E-state index in [2.05, 4.69) is 49.5 Å². The first kappa shape index (κ1) is 11.5. The number of nitrogen functional groups attached to an aromatic ring is 1. The van der Waals surface area contributed by atoms with Crippen LogP contribution in [0.3, 0.4) is 0 Å². The summed E-state index contributed by atoms with van der Waals surface area (Å²) in [5.74, 6) is 0. The van der Waals surface area contributed by atoms with Gasteiger partial charge in [0.15, 0.2) is 0 Å². The largest absolute Gasteiger partial charge is 0.397 e. The number of anilines is 3. The number of benzene rings is 2. The molecule has 0 saturated carbocycles. The number of hydrogen-bond donors (Lipinski definition) is 2. The molecule has 17 heavy (non-hydrogen) atoms. The monoisotopic (exact) mass is 226 g/mol. The van der Waals surface area contributed by atoms with Crippen molar-refractivity contribution in [2.45, 2.75) is 20.3 Å². The second kappa shape index (κ2) is 4.91. The van der Waals surface area contributed by atoms with Gasteiger partial charge in [0.2, 0.25) is 0 Å². The molecule has 0 aromatic heterocycles. The third-order valence-corrected chi connectivity index (χ3v) is 2.82. The summed E-state index contributed by atoms with van der Waals surface area (Å²) in [6, 6.07) is 14.4. The standard InChI is InChI=1S/C15H18N2/c1-3-12-5-4-6-13(10-12)17-15-9-11(2)7-8-14(15)16/h4-10,17H,3,16H2,1-2H3. The van der Waals surface area contributed by atoms with Crippen molar-refractivity contribution in [2.75, 3.05) is 11.1 Å². The van der Waals surface area contributed by atoms with Crippen molar-refractivity contribution in [1.29, 1.82) is 0 Å². The van der Waals surface area contributed by atoms with E-state index in [4.69, 9.17) is 5.73 Å². The van der Waals surface area contributed by atoms with E-state index in [1.807, 2.05) is 12.1 Å². The average Bonchev–Trinajstić information content (AvgIpc) is 2.34. The highest BCUT2D eigenvalue weighted by Crippen LogP contribution is 2.24. The predicted octanol–water partition coefficient (Wildman–Crippen LogP) is 3.88. The highest BCUT2D eigenvalue weighted by molar-refractivity contribution is 5.73. The number of nitrogens with two attached hydrogens (primary N) is 1. The van der Waals surface area contributed by atoms with E-state index in [0.29, 0.717) is 0 Å². The van der Waals surface area contributed by atoms with Gasteiger partial charge in [-0.3, -0.25) is 0 Å². The number of rotatable bonds is 3. The topological polar surface area (TPSA) is 38.0 Å². The molecule has 0 unspecified atom stereocenters. The molecule has 0 aliphatic rings. The summed E-state index contributed by atoms with van der Waals surface area (Å²) in [7, 11) is 0. The molecule has 0 bridgehead atoms. The number of nitrogens with one attached hydrogen (secondary N) is 1. The van der Waals surface area contributed by atoms with Crippen molar-refractivity contribution < 1.29 is 0 Å². The van der Waals surface area contributed by atoms with Crippen molar-refractivity contribution in [2.24, 2.45) is 0 Å². The van der Waals surface area contributed by atoms with Gasteiger partial charge in [0.25, 0.3) is 0 Å². The summed E-state index contributed by atoms with van der Waals surface area (Å²) in [5, 5.41) is 3.36. The van der Waals surface area contributed by atoms with Gasteiger partial charge in [-0.15, -0.1) is 0 Å². The zero-order valence-corrected chi connectivity index (χ0v) is 10.3. The first-order valence-corrected chi connectivity index (χ1v) is 5.91. The Morgan fingerprint density at radius 3 is 2.71 bits per heavy atom. The maximum Gasteiger partial charge on any atom is 0.0620 e. The zero-order chi connectivity index (χ0) is 12.3. The van der Waals surface area contributed by atoms with Crippen LogP contribution in [0, 0.1) is 6.92 Å². The van der Waals surface area contributed by atoms with Crippen molar-refractivity contribution in [3.05, 3.63) is 53.6 Å². The van der Waals surface area contributed by atoms with Crippen LogP contribution in [0.2, 0.25) is 0 Å². The van der Waals surface area contributed by atoms with E-state index in [0.717, 1.165) is 23.5 Å². The van der Waals surface area contributed by atoms with Crippen LogP contribution in [0.15, 0.2) is 42.5 Å². The highest BCUT2D eigenvalue weighted by atomic mass is 14.9. The van der Waals surface area contributed by atoms with E-state index in [1.54, 1.807) is 0 Å². The van der Waals surface area contributed by atoms with Crippen LogP contribution in [0.25, 0.3) is 0 Å². The number of hydrogen-bond acceptors (Lipinski definition) is 2. The number of aryl methyl sites for hydroxylation is 2. The van der Waals surface area contributed by atoms with E-state index >= 15 is 0 Å². The molecule has 0 fully saturated rings. The summed E-state index contributed by atoms with van der Waals surface area (Å²) in [5.41, 5.74) is 11.3. The summed E-state index contributed by atoms with van der Waals surface area (Å²) in [6.45, 7) is 4.22. The van der Waals surface area contributed by atoms with Crippen LogP contribution in [0.1, 0.15) is 18.1 Å². The Kier molecular flexibility index (Phi) is 3.33. The van der Waals surface area contributed by atoms with Crippen LogP contribution >= 0.6 is 0 Å². The molecular formula is C15H18N2. The molecule has 2 aromatic carbocycles. The fourth-order valence-electron chi connectivity index (χ4n) is 1.80. The Hall–Kier alpha value is -1.96. The molecule has 0 aliphatic carbocycles. The van der Waals surface area contributed by atoms with Gasteiger partial charge in [0.1, 0.15) is 0 Å². The summed E-state index contributed by atoms with van der Waals surface area (Å²) >= 11 is 0. The summed E-state index contributed by atoms with van der Waals surface area (Å²) in [4.78, 5) is 0. The maximum atomic E-state index is 5.95. The Morgan fingerprint density at radius 1 is 1.12 bits per heavy atom. The molecule has 2 nitrogen and oxygen atoms in total. The minimum absolute atomic E-state index is 0.775. The molecule has 0 heterocycles. The van der Waals surface area contributed by atoms with Crippen molar-refractivity contribution in [3.8, 4) is 0 Å². The smallest absolute Gasteiger partial charge is 0.0620 e. The quantitative estimate of drug-likeness (QED) is 0.779. The van der Waals surface area contributed by atoms with Gasteiger partial charge >= 0.3 is 0 Å². The molecular weight excluding hydrogens is 208 g/mol. The zero-order valence-electron chi connectivity index (χ0n) is 10.3. The van der Waals surface area contributed by atoms with Crippen molar-refractivity contribution in [1.82, 2.24) is 0 Å². The molecule has 2 aromatic rings. The molecule has 2 rings (SSSR count). The Bertz CT molecular complexity index is 518. The Labute approximate surface area is 102 Å². The lowest BCUT2D eigenvalue weighted by atomic mass is 10.1. The molecule has 0 spiro atoms. The van der Waals surface area contributed by atoms with E-state index in [1.165, 1.54) is 11.1 Å². The SMILES string of the molecule is CCc1cccc(Nc2cc(C)ccc2N)c1. The van der Waals surface area contributed by atoms with E-state index in [-0.39, 0.29) is 0 Å². The molecule has 88 valence electrons. The lowest BCUT2D eigenvalue weighted by Gasteiger charge is -2.11. The van der Waals surface area contributed by atoms with Crippen LogP contribution in [-0.2, 0) is 6.42 Å². The van der Waals surface area contributed by atoms with Gasteiger partial charge < -0.3 is 11.1 Å². The first-order chi connectivity index (χ1) is 8.19. The van der Waals surface area contributed by atoms with Crippen LogP contribution in [0.4, 0.5) is 17.1 Å². The maximum absolute atomic E-state index is 5.95. The van der Waals surface area contributed by atoms with Crippen LogP contribution in [0.5, 0.6) is 0 Å². The molecule has 2 heteroatoms. The van der Waals surface area contributed by atoms with Gasteiger partial charge in [-0.05, 0) is 48.7 Å². The molecule has 0 amide bonds. The fraction of sp³-hybridized carbons (Fsp3) is 0.200. The lowest BCUT2D eigenvalue weighted by molar-refractivity contribution is 1.14. The van der Waals surface area contributed by atoms with Crippen LogP contribution in [-0.4, -0.2) is 0 Å². The molecule has 0 aliphatic heterocycles.